The number of benzene rings is 3. The Morgan fingerprint density at radius 2 is 1.91 bits per heavy atom. The van der Waals surface area contributed by atoms with Crippen LogP contribution in [0.5, 0.6) is 0 Å². The number of imidazole rings is 1. The fourth-order valence-electron chi connectivity index (χ4n) is 6.40. The van der Waals surface area contributed by atoms with Crippen LogP contribution in [0.1, 0.15) is 54.1 Å². The number of piperidine rings is 1. The molecule has 43 heavy (non-hydrogen) atoms. The topological polar surface area (TPSA) is 61.7 Å². The zero-order valence-electron chi connectivity index (χ0n) is 24.0. The van der Waals surface area contributed by atoms with Crippen LogP contribution in [0.3, 0.4) is 0 Å². The number of hydrogen-bond donors (Lipinski definition) is 2. The number of halogens is 2. The van der Waals surface area contributed by atoms with E-state index in [1.54, 1.807) is 6.07 Å². The molecule has 2 aromatic heterocycles. The van der Waals surface area contributed by atoms with E-state index in [-0.39, 0.29) is 17.8 Å². The van der Waals surface area contributed by atoms with Crippen molar-refractivity contribution in [3.05, 3.63) is 83.8 Å². The molecule has 2 fully saturated rings. The summed E-state index contributed by atoms with van der Waals surface area (Å²) in [5, 5.41) is 6.51. The van der Waals surface area contributed by atoms with E-state index in [1.165, 1.54) is 11.3 Å². The molecule has 222 valence electrons. The van der Waals surface area contributed by atoms with Gasteiger partial charge in [0.15, 0.2) is 4.96 Å². The highest BCUT2D eigenvalue weighted by Gasteiger charge is 2.24. The summed E-state index contributed by atoms with van der Waals surface area (Å²) in [7, 11) is 0. The Hall–Kier alpha value is -3.66. The van der Waals surface area contributed by atoms with E-state index < -0.39 is 6.17 Å². The van der Waals surface area contributed by atoms with Crippen molar-refractivity contribution in [3.63, 3.8) is 0 Å². The normalized spacial score (nSPS) is 18.1. The number of rotatable bonds is 8. The smallest absolute Gasteiger partial charge is 0.251 e. The van der Waals surface area contributed by atoms with Gasteiger partial charge in [-0.05, 0) is 92.2 Å². The molecular formula is C34H35F2N5OS. The molecule has 1 atom stereocenters. The number of nitrogens with zero attached hydrogens (tertiary/aromatic N) is 3. The maximum Gasteiger partial charge on any atom is 0.251 e. The summed E-state index contributed by atoms with van der Waals surface area (Å²) < 4.78 is 32.2. The molecule has 2 N–H and O–H groups in total. The van der Waals surface area contributed by atoms with E-state index in [4.69, 9.17) is 4.98 Å². The van der Waals surface area contributed by atoms with E-state index in [1.807, 2.05) is 59.1 Å². The van der Waals surface area contributed by atoms with Gasteiger partial charge < -0.3 is 15.5 Å². The minimum Gasteiger partial charge on any atom is -0.352 e. The number of nitrogens with one attached hydrogen (secondary N) is 2. The van der Waals surface area contributed by atoms with Crippen molar-refractivity contribution < 1.29 is 13.6 Å². The van der Waals surface area contributed by atoms with Crippen molar-refractivity contribution in [3.8, 4) is 22.4 Å². The van der Waals surface area contributed by atoms with Crippen LogP contribution >= 0.6 is 11.3 Å². The summed E-state index contributed by atoms with van der Waals surface area (Å²) >= 11 is 1.49. The van der Waals surface area contributed by atoms with Gasteiger partial charge in [0.25, 0.3) is 5.91 Å². The third kappa shape index (κ3) is 5.81. The fraction of sp³-hybridized carbons (Fsp3) is 0.353. The number of fused-ring (bicyclic) bond motifs is 3. The van der Waals surface area contributed by atoms with E-state index in [0.717, 1.165) is 77.3 Å². The molecule has 7 rings (SSSR count). The van der Waals surface area contributed by atoms with Crippen LogP contribution in [0.15, 0.2) is 66.9 Å². The lowest BCUT2D eigenvalue weighted by atomic mass is 9.92. The summed E-state index contributed by atoms with van der Waals surface area (Å²) in [6.07, 6.45) is 5.36. The molecule has 3 aromatic carbocycles. The van der Waals surface area contributed by atoms with Crippen LogP contribution in [0.25, 0.3) is 37.6 Å². The van der Waals surface area contributed by atoms with Crippen LogP contribution in [0.4, 0.5) is 8.78 Å². The van der Waals surface area contributed by atoms with Crippen LogP contribution in [0.2, 0.25) is 0 Å². The van der Waals surface area contributed by atoms with Gasteiger partial charge in [-0.1, -0.05) is 41.7 Å². The molecule has 2 aliphatic rings. The highest BCUT2D eigenvalue weighted by molar-refractivity contribution is 7.23. The lowest BCUT2D eigenvalue weighted by molar-refractivity contribution is 0.0950. The lowest BCUT2D eigenvalue weighted by Gasteiger charge is -2.28. The Balaban J connectivity index is 1.12. The van der Waals surface area contributed by atoms with Gasteiger partial charge in [-0.2, -0.15) is 0 Å². The summed E-state index contributed by atoms with van der Waals surface area (Å²) in [6.45, 7) is 3.97. The molecule has 0 saturated carbocycles. The molecule has 2 aliphatic heterocycles. The summed E-state index contributed by atoms with van der Waals surface area (Å²) in [5.41, 5.74) is 5.39. The van der Waals surface area contributed by atoms with Crippen molar-refractivity contribution in [2.75, 3.05) is 32.7 Å². The van der Waals surface area contributed by atoms with Gasteiger partial charge in [-0.3, -0.25) is 9.20 Å². The number of carbonyl (C=O) groups is 1. The predicted octanol–water partition coefficient (Wildman–Crippen LogP) is 7.00. The first-order valence-corrected chi connectivity index (χ1v) is 16.0. The van der Waals surface area contributed by atoms with Crippen molar-refractivity contribution in [2.24, 2.45) is 0 Å². The minimum absolute atomic E-state index is 0.109. The lowest BCUT2D eigenvalue weighted by Crippen LogP contribution is -2.36. The number of hydrogen-bond acceptors (Lipinski definition) is 5. The average molecular weight is 600 g/mol. The first-order valence-electron chi connectivity index (χ1n) is 15.2. The second kappa shape index (κ2) is 12.1. The van der Waals surface area contributed by atoms with Crippen LogP contribution < -0.4 is 10.6 Å². The molecule has 9 heteroatoms. The molecular weight excluding hydrogens is 564 g/mol. The molecule has 2 saturated heterocycles. The largest absolute Gasteiger partial charge is 0.352 e. The molecule has 0 spiro atoms. The Bertz CT molecular complexity index is 1750. The summed E-state index contributed by atoms with van der Waals surface area (Å²) in [6, 6.07) is 19.5. The third-order valence-electron chi connectivity index (χ3n) is 8.73. The zero-order chi connectivity index (χ0) is 29.3. The second-order valence-electron chi connectivity index (χ2n) is 11.6. The van der Waals surface area contributed by atoms with Gasteiger partial charge in [0.05, 0.1) is 15.9 Å². The summed E-state index contributed by atoms with van der Waals surface area (Å²) in [4.78, 5) is 20.8. The van der Waals surface area contributed by atoms with E-state index in [2.05, 4.69) is 21.6 Å². The molecule has 0 radical (unpaired) electrons. The fourth-order valence-corrected chi connectivity index (χ4v) is 7.45. The zero-order valence-corrected chi connectivity index (χ0v) is 24.8. The van der Waals surface area contributed by atoms with Crippen molar-refractivity contribution in [1.82, 2.24) is 24.9 Å². The number of thiazole rings is 1. The Morgan fingerprint density at radius 3 is 2.70 bits per heavy atom. The third-order valence-corrected chi connectivity index (χ3v) is 9.74. The first-order chi connectivity index (χ1) is 21.0. The number of likely N-dealkylation sites (tertiary alicyclic amines) is 1. The maximum atomic E-state index is 15.9. The van der Waals surface area contributed by atoms with Gasteiger partial charge in [0.2, 0.25) is 0 Å². The predicted molar refractivity (Wildman–Crippen MR) is 169 cm³/mol. The molecule has 6 nitrogen and oxygen atoms in total. The van der Waals surface area contributed by atoms with Gasteiger partial charge in [-0.25, -0.2) is 13.8 Å². The number of aromatic nitrogens is 2. The SMILES string of the molecule is O=C(NCCCN1CCC(F)CC1)c1ccc2c(c1)sc1nc(-c3c(F)cc([C@@H]4CCCN4)cc3-c3ccccc3)cn12. The monoisotopic (exact) mass is 599 g/mol. The maximum absolute atomic E-state index is 15.9. The minimum atomic E-state index is -0.670. The average Bonchev–Trinajstić information content (AvgIpc) is 3.77. The van der Waals surface area contributed by atoms with Gasteiger partial charge in [0.1, 0.15) is 12.0 Å². The van der Waals surface area contributed by atoms with Gasteiger partial charge in [0, 0.05) is 43.0 Å². The Labute approximate surface area is 253 Å². The molecule has 0 unspecified atom stereocenters. The van der Waals surface area contributed by atoms with E-state index in [9.17, 15) is 9.18 Å². The molecule has 0 aliphatic carbocycles. The molecule has 1 amide bonds. The van der Waals surface area contributed by atoms with Crippen molar-refractivity contribution in [1.29, 1.82) is 0 Å². The van der Waals surface area contributed by atoms with Gasteiger partial charge >= 0.3 is 0 Å². The van der Waals surface area contributed by atoms with Crippen LogP contribution in [-0.4, -0.2) is 59.1 Å². The highest BCUT2D eigenvalue weighted by Crippen LogP contribution is 2.39. The van der Waals surface area contributed by atoms with Crippen LogP contribution in [0, 0.1) is 5.82 Å². The summed E-state index contributed by atoms with van der Waals surface area (Å²) in [5.74, 6) is -0.381. The first kappa shape index (κ1) is 28.1. The van der Waals surface area contributed by atoms with Gasteiger partial charge in [-0.15, -0.1) is 0 Å². The Morgan fingerprint density at radius 1 is 1.07 bits per heavy atom. The van der Waals surface area contributed by atoms with Crippen LogP contribution in [-0.2, 0) is 0 Å². The molecule has 0 bridgehead atoms. The van der Waals surface area contributed by atoms with Crippen molar-refractivity contribution >= 4 is 32.4 Å². The second-order valence-corrected chi connectivity index (χ2v) is 12.6. The highest BCUT2D eigenvalue weighted by atomic mass is 32.1. The quantitative estimate of drug-likeness (QED) is 0.189. The van der Waals surface area contributed by atoms with E-state index in [0.29, 0.717) is 36.2 Å². The molecule has 5 aromatic rings. The number of alkyl halides is 1. The van der Waals surface area contributed by atoms with Crippen molar-refractivity contribution in [2.45, 2.75) is 44.3 Å². The number of carbonyl (C=O) groups excluding carboxylic acids is 1. The van der Waals surface area contributed by atoms with E-state index >= 15 is 4.39 Å². The molecule has 4 heterocycles. The Kier molecular flexibility index (Phi) is 7.95. The standard InChI is InChI=1S/C34H35F2N5OS/c35-25-11-16-40(17-12-25)15-5-14-38-33(42)23-9-10-30-31(20-23)43-34-39-29(21-41(30)34)32-26(22-6-2-1-3-7-22)18-24(19-27(32)36)28-8-4-13-37-28/h1-3,6-7,9-10,18-21,25,28,37H,4-5,8,11-17H2,(H,38,42)/t28-/m0/s1. The number of amides is 1.